The van der Waals surface area contributed by atoms with Crippen molar-refractivity contribution in [2.45, 2.75) is 0 Å². The number of hydrogen-bond acceptors (Lipinski definition) is 1. The molecule has 0 spiro atoms. The van der Waals surface area contributed by atoms with E-state index >= 15 is 0 Å². The molecule has 0 atom stereocenters. The fraction of sp³-hybridized carbons (Fsp3) is 0. The second-order valence-corrected chi connectivity index (χ2v) is 15.2. The summed E-state index contributed by atoms with van der Waals surface area (Å²) >= 11 is 0. The van der Waals surface area contributed by atoms with Crippen LogP contribution in [0.2, 0.25) is 0 Å². The van der Waals surface area contributed by atoms with E-state index < -0.39 is 0 Å². The van der Waals surface area contributed by atoms with Gasteiger partial charge in [-0.1, -0.05) is 188 Å². The Hall–Kier alpha value is -8.01. The molecule has 0 aliphatic heterocycles. The van der Waals surface area contributed by atoms with Crippen molar-refractivity contribution in [3.8, 4) is 78.4 Å². The Morgan fingerprint density at radius 3 is 1.42 bits per heavy atom. The van der Waals surface area contributed by atoms with E-state index in [0.717, 1.165) is 39.5 Å². The number of para-hydroxylation sites is 2. The van der Waals surface area contributed by atoms with Crippen LogP contribution in [0.4, 0.5) is 0 Å². The molecule has 0 saturated heterocycles. The van der Waals surface area contributed by atoms with Crippen LogP contribution in [0.3, 0.4) is 0 Å². The summed E-state index contributed by atoms with van der Waals surface area (Å²) in [6, 6.07) is 84.6. The highest BCUT2D eigenvalue weighted by Crippen LogP contribution is 2.42. The zero-order valence-corrected chi connectivity index (χ0v) is 32.9. The van der Waals surface area contributed by atoms with Crippen LogP contribution in [0, 0.1) is 0 Å². The van der Waals surface area contributed by atoms with Gasteiger partial charge in [-0.2, -0.15) is 5.10 Å². The normalized spacial score (nSPS) is 11.3. The maximum atomic E-state index is 5.25. The Balaban J connectivity index is 1.00. The van der Waals surface area contributed by atoms with Crippen LogP contribution in [-0.4, -0.2) is 14.3 Å². The summed E-state index contributed by atoms with van der Waals surface area (Å²) < 4.78 is 4.47. The smallest absolute Gasteiger partial charge is 0.0934 e. The molecule has 0 unspecified atom stereocenters. The Morgan fingerprint density at radius 1 is 0.283 bits per heavy atom. The van der Waals surface area contributed by atoms with Gasteiger partial charge in [0.2, 0.25) is 0 Å². The molecule has 0 N–H and O–H groups in total. The van der Waals surface area contributed by atoms with Crippen LogP contribution in [0.5, 0.6) is 0 Å². The first-order valence-electron chi connectivity index (χ1n) is 20.5. The average Bonchev–Trinajstić information content (AvgIpc) is 3.93. The minimum absolute atomic E-state index is 0.933. The van der Waals surface area contributed by atoms with E-state index in [2.05, 4.69) is 240 Å². The summed E-state index contributed by atoms with van der Waals surface area (Å²) in [5.41, 5.74) is 18.2. The van der Waals surface area contributed by atoms with Crippen molar-refractivity contribution in [1.29, 1.82) is 0 Å². The van der Waals surface area contributed by atoms with Crippen molar-refractivity contribution >= 4 is 21.8 Å². The van der Waals surface area contributed by atoms with Gasteiger partial charge in [-0.25, -0.2) is 4.68 Å². The number of nitrogens with zero attached hydrogens (tertiary/aromatic N) is 3. The van der Waals surface area contributed by atoms with E-state index in [1.54, 1.807) is 0 Å². The van der Waals surface area contributed by atoms with Crippen LogP contribution in [-0.2, 0) is 0 Å². The molecule has 60 heavy (non-hydrogen) atoms. The van der Waals surface area contributed by atoms with Gasteiger partial charge in [0.05, 0.1) is 28.1 Å². The second-order valence-electron chi connectivity index (χ2n) is 15.2. The zero-order valence-electron chi connectivity index (χ0n) is 32.9. The minimum Gasteiger partial charge on any atom is -0.309 e. The molecular weight excluding hydrogens is 727 g/mol. The van der Waals surface area contributed by atoms with E-state index in [-0.39, 0.29) is 0 Å². The third-order valence-electron chi connectivity index (χ3n) is 11.6. The maximum Gasteiger partial charge on any atom is 0.0934 e. The lowest BCUT2D eigenvalue weighted by molar-refractivity contribution is 0.892. The third-order valence-corrected chi connectivity index (χ3v) is 11.6. The van der Waals surface area contributed by atoms with Crippen LogP contribution in [0.15, 0.2) is 237 Å². The fourth-order valence-corrected chi connectivity index (χ4v) is 8.81. The average molecular weight is 766 g/mol. The van der Waals surface area contributed by atoms with Crippen molar-refractivity contribution in [3.63, 3.8) is 0 Å². The van der Waals surface area contributed by atoms with Gasteiger partial charge in [-0.3, -0.25) is 0 Å². The van der Waals surface area contributed by atoms with Crippen molar-refractivity contribution in [3.05, 3.63) is 237 Å². The summed E-state index contributed by atoms with van der Waals surface area (Å²) in [5.74, 6) is 0. The third kappa shape index (κ3) is 6.21. The van der Waals surface area contributed by atoms with Gasteiger partial charge in [0.1, 0.15) is 0 Å². The number of benzene rings is 9. The summed E-state index contributed by atoms with van der Waals surface area (Å²) in [7, 11) is 0. The molecule has 3 heteroatoms. The monoisotopic (exact) mass is 765 g/mol. The van der Waals surface area contributed by atoms with Gasteiger partial charge in [-0.15, -0.1) is 0 Å². The van der Waals surface area contributed by atoms with Crippen molar-refractivity contribution in [2.24, 2.45) is 0 Å². The highest BCUT2D eigenvalue weighted by molar-refractivity contribution is 6.11. The number of fused-ring (bicyclic) bond motifs is 3. The molecule has 0 aliphatic rings. The summed E-state index contributed by atoms with van der Waals surface area (Å²) in [6.07, 6.45) is 0. The van der Waals surface area contributed by atoms with E-state index in [0.29, 0.717) is 0 Å². The Bertz CT molecular complexity index is 3290. The first-order chi connectivity index (χ1) is 29.8. The maximum absolute atomic E-state index is 5.25. The SMILES string of the molecule is c1ccc(-c2cc(-c3ccccc3-c3ccccc3)n(-c3ccc(-c4ccccc4-c4ccccc4-c4ccc5c(c4)c4ccccc4n5-c4ccccc4)cc3)n2)cc1. The quantitative estimate of drug-likeness (QED) is 0.151. The van der Waals surface area contributed by atoms with Gasteiger partial charge >= 0.3 is 0 Å². The molecular formula is C57H39N3. The van der Waals surface area contributed by atoms with E-state index in [4.69, 9.17) is 5.10 Å². The summed E-state index contributed by atoms with van der Waals surface area (Å²) in [6.45, 7) is 0. The van der Waals surface area contributed by atoms with Crippen molar-refractivity contribution < 1.29 is 0 Å². The van der Waals surface area contributed by atoms with Crippen LogP contribution >= 0.6 is 0 Å². The predicted octanol–water partition coefficient (Wildman–Crippen LogP) is 15.0. The van der Waals surface area contributed by atoms with E-state index in [9.17, 15) is 0 Å². The molecule has 0 fully saturated rings. The molecule has 0 bridgehead atoms. The fourth-order valence-electron chi connectivity index (χ4n) is 8.81. The predicted molar refractivity (Wildman–Crippen MR) is 251 cm³/mol. The molecule has 0 aliphatic carbocycles. The number of rotatable bonds is 8. The lowest BCUT2D eigenvalue weighted by Gasteiger charge is -2.16. The first-order valence-corrected chi connectivity index (χ1v) is 20.5. The molecule has 11 aromatic rings. The molecule has 0 radical (unpaired) electrons. The standard InChI is InChI=1S/C57H39N3/c1-4-18-40(19-5-1)47-25-12-15-29-51(47)57-39-54(42-20-6-2-7-21-42)58-60(57)45-35-32-41(33-36-45)46-24-10-13-27-49(46)50-28-14-11-26-48(50)43-34-37-56-53(38-43)52-30-16-17-31-55(52)59(56)44-22-8-3-9-23-44/h1-39H. The van der Waals surface area contributed by atoms with Crippen molar-refractivity contribution in [1.82, 2.24) is 14.3 Å². The molecule has 282 valence electrons. The van der Waals surface area contributed by atoms with Gasteiger partial charge in [0, 0.05) is 27.6 Å². The molecule has 9 aromatic carbocycles. The van der Waals surface area contributed by atoms with Crippen LogP contribution < -0.4 is 0 Å². The Morgan fingerprint density at radius 2 is 0.750 bits per heavy atom. The minimum atomic E-state index is 0.933. The topological polar surface area (TPSA) is 22.8 Å². The zero-order chi connectivity index (χ0) is 39.8. The second kappa shape index (κ2) is 15.1. The Labute approximate surface area is 349 Å². The van der Waals surface area contributed by atoms with Gasteiger partial charge < -0.3 is 4.57 Å². The molecule has 11 rings (SSSR count). The van der Waals surface area contributed by atoms with Gasteiger partial charge in [-0.05, 0) is 93.0 Å². The van der Waals surface area contributed by atoms with Gasteiger partial charge in [0.25, 0.3) is 0 Å². The summed E-state index contributed by atoms with van der Waals surface area (Å²) in [4.78, 5) is 0. The van der Waals surface area contributed by atoms with Crippen LogP contribution in [0.25, 0.3) is 100 Å². The molecule has 0 saturated carbocycles. The molecule has 3 nitrogen and oxygen atoms in total. The van der Waals surface area contributed by atoms with E-state index in [1.807, 2.05) is 6.07 Å². The van der Waals surface area contributed by atoms with Crippen LogP contribution in [0.1, 0.15) is 0 Å². The Kier molecular flexibility index (Phi) is 8.83. The van der Waals surface area contributed by atoms with Crippen molar-refractivity contribution in [2.75, 3.05) is 0 Å². The molecule has 2 aromatic heterocycles. The van der Waals surface area contributed by atoms with E-state index in [1.165, 1.54) is 60.8 Å². The lowest BCUT2D eigenvalue weighted by atomic mass is 9.89. The van der Waals surface area contributed by atoms with Gasteiger partial charge in [0.15, 0.2) is 0 Å². The largest absolute Gasteiger partial charge is 0.309 e. The first kappa shape index (κ1) is 35.2. The summed E-state index contributed by atoms with van der Waals surface area (Å²) in [5, 5.41) is 7.74. The number of hydrogen-bond donors (Lipinski definition) is 0. The molecule has 0 amide bonds. The highest BCUT2D eigenvalue weighted by atomic mass is 15.3. The number of aromatic nitrogens is 3. The molecule has 2 heterocycles. The lowest BCUT2D eigenvalue weighted by Crippen LogP contribution is -2.00. The highest BCUT2D eigenvalue weighted by Gasteiger charge is 2.19.